The fraction of sp³-hybridized carbons (Fsp3) is 0.111. The zero-order valence-corrected chi connectivity index (χ0v) is 13.6. The lowest BCUT2D eigenvalue weighted by Gasteiger charge is -2.05. The van der Waals surface area contributed by atoms with Crippen molar-refractivity contribution in [2.24, 2.45) is 7.05 Å². The van der Waals surface area contributed by atoms with Crippen molar-refractivity contribution < 1.29 is 18.3 Å². The summed E-state index contributed by atoms with van der Waals surface area (Å²) in [5.74, 6) is -1.80. The molecule has 3 aromatic rings. The van der Waals surface area contributed by atoms with Gasteiger partial charge in [0.25, 0.3) is 5.91 Å². The fourth-order valence-electron chi connectivity index (χ4n) is 2.37. The number of halogens is 2. The monoisotopic (exact) mass is 343 g/mol. The third-order valence-electron chi connectivity index (χ3n) is 3.66. The Balaban J connectivity index is 1.86. The summed E-state index contributed by atoms with van der Waals surface area (Å²) in [5, 5.41) is 6.84. The predicted molar refractivity (Wildman–Crippen MR) is 89.5 cm³/mol. The highest BCUT2D eigenvalue weighted by molar-refractivity contribution is 6.03. The van der Waals surface area contributed by atoms with Crippen LogP contribution in [0.1, 0.15) is 10.5 Å². The molecule has 0 aliphatic carbocycles. The van der Waals surface area contributed by atoms with Crippen molar-refractivity contribution in [3.63, 3.8) is 0 Å². The van der Waals surface area contributed by atoms with Gasteiger partial charge in [-0.3, -0.25) is 9.48 Å². The first-order valence-corrected chi connectivity index (χ1v) is 7.43. The molecular weight excluding hydrogens is 328 g/mol. The van der Waals surface area contributed by atoms with Crippen molar-refractivity contribution in [2.45, 2.75) is 0 Å². The van der Waals surface area contributed by atoms with E-state index in [9.17, 15) is 13.6 Å². The van der Waals surface area contributed by atoms with Gasteiger partial charge in [-0.15, -0.1) is 0 Å². The minimum absolute atomic E-state index is 0.160. The summed E-state index contributed by atoms with van der Waals surface area (Å²) in [5.41, 5.74) is 1.83. The normalized spacial score (nSPS) is 10.6. The number of aryl methyl sites for hydroxylation is 1. The molecule has 1 heterocycles. The van der Waals surface area contributed by atoms with Crippen molar-refractivity contribution in [3.8, 4) is 17.0 Å². The Morgan fingerprint density at radius 1 is 1.12 bits per heavy atom. The summed E-state index contributed by atoms with van der Waals surface area (Å²) in [4.78, 5) is 12.4. The van der Waals surface area contributed by atoms with Gasteiger partial charge in [0, 0.05) is 24.4 Å². The number of carbonyl (C=O) groups excluding carboxylic acids is 1. The summed E-state index contributed by atoms with van der Waals surface area (Å²) >= 11 is 0. The summed E-state index contributed by atoms with van der Waals surface area (Å²) < 4.78 is 32.8. The number of rotatable bonds is 4. The molecule has 0 radical (unpaired) electrons. The quantitative estimate of drug-likeness (QED) is 0.787. The van der Waals surface area contributed by atoms with Crippen molar-refractivity contribution in [1.29, 1.82) is 0 Å². The lowest BCUT2D eigenvalue weighted by atomic mass is 10.1. The molecule has 128 valence electrons. The first-order valence-electron chi connectivity index (χ1n) is 7.43. The first kappa shape index (κ1) is 16.6. The van der Waals surface area contributed by atoms with Gasteiger partial charge >= 0.3 is 0 Å². The lowest BCUT2D eigenvalue weighted by Crippen LogP contribution is -2.16. The third-order valence-corrected chi connectivity index (χ3v) is 3.66. The smallest absolute Gasteiger partial charge is 0.273 e. The molecule has 0 bridgehead atoms. The molecule has 0 aliphatic rings. The van der Waals surface area contributed by atoms with E-state index >= 15 is 0 Å². The maximum absolute atomic E-state index is 13.3. The van der Waals surface area contributed by atoms with Crippen LogP contribution in [-0.2, 0) is 7.05 Å². The van der Waals surface area contributed by atoms with E-state index in [2.05, 4.69) is 10.4 Å². The number of nitrogens with one attached hydrogen (secondary N) is 1. The van der Waals surface area contributed by atoms with E-state index in [1.807, 2.05) is 18.2 Å². The second kappa shape index (κ2) is 6.72. The molecule has 0 fully saturated rings. The van der Waals surface area contributed by atoms with Gasteiger partial charge in [0.2, 0.25) is 0 Å². The molecule has 0 unspecified atom stereocenters. The Labute approximate surface area is 142 Å². The maximum Gasteiger partial charge on any atom is 0.273 e. The van der Waals surface area contributed by atoms with E-state index in [4.69, 9.17) is 4.74 Å². The number of benzene rings is 2. The summed E-state index contributed by atoms with van der Waals surface area (Å²) in [6.07, 6.45) is 0. The van der Waals surface area contributed by atoms with Crippen LogP contribution in [0.4, 0.5) is 14.5 Å². The molecular formula is C18H15F2N3O2. The SMILES string of the molecule is COc1cccc(-c2cc(C(=O)Nc3ccc(F)c(F)c3)n(C)n2)c1. The average Bonchev–Trinajstić information content (AvgIpc) is 3.00. The van der Waals surface area contributed by atoms with Crippen molar-refractivity contribution in [1.82, 2.24) is 9.78 Å². The second-order valence-electron chi connectivity index (χ2n) is 5.35. The van der Waals surface area contributed by atoms with Gasteiger partial charge in [-0.05, 0) is 30.3 Å². The Bertz CT molecular complexity index is 938. The van der Waals surface area contributed by atoms with E-state index in [1.165, 1.54) is 10.7 Å². The standard InChI is InChI=1S/C18H15F2N3O2/c1-23-17(18(24)21-12-6-7-14(19)15(20)9-12)10-16(22-23)11-4-3-5-13(8-11)25-2/h3-10H,1-2H3,(H,21,24). The van der Waals surface area contributed by atoms with Crippen LogP contribution in [0.5, 0.6) is 5.75 Å². The summed E-state index contributed by atoms with van der Waals surface area (Å²) in [7, 11) is 3.20. The van der Waals surface area contributed by atoms with E-state index in [0.29, 0.717) is 11.4 Å². The Kier molecular flexibility index (Phi) is 4.47. The molecule has 0 saturated heterocycles. The number of hydrogen-bond donors (Lipinski definition) is 1. The molecule has 5 nitrogen and oxygen atoms in total. The van der Waals surface area contributed by atoms with Crippen LogP contribution in [0, 0.1) is 11.6 Å². The molecule has 0 spiro atoms. The van der Waals surface area contributed by atoms with Gasteiger partial charge in [-0.2, -0.15) is 5.10 Å². The zero-order valence-electron chi connectivity index (χ0n) is 13.6. The van der Waals surface area contributed by atoms with Crippen LogP contribution in [-0.4, -0.2) is 22.8 Å². The van der Waals surface area contributed by atoms with Crippen LogP contribution in [0.2, 0.25) is 0 Å². The van der Waals surface area contributed by atoms with Crippen LogP contribution in [0.25, 0.3) is 11.3 Å². The Hall–Kier alpha value is -3.22. The highest BCUT2D eigenvalue weighted by Gasteiger charge is 2.15. The number of anilines is 1. The highest BCUT2D eigenvalue weighted by Crippen LogP contribution is 2.24. The second-order valence-corrected chi connectivity index (χ2v) is 5.35. The van der Waals surface area contributed by atoms with E-state index < -0.39 is 17.5 Å². The molecule has 1 amide bonds. The van der Waals surface area contributed by atoms with Crippen LogP contribution in [0.15, 0.2) is 48.5 Å². The van der Waals surface area contributed by atoms with Crippen molar-refractivity contribution >= 4 is 11.6 Å². The molecule has 0 saturated carbocycles. The molecule has 3 rings (SSSR count). The van der Waals surface area contributed by atoms with Gasteiger partial charge in [0.1, 0.15) is 11.4 Å². The van der Waals surface area contributed by atoms with Gasteiger partial charge in [-0.25, -0.2) is 8.78 Å². The topological polar surface area (TPSA) is 56.1 Å². The highest BCUT2D eigenvalue weighted by atomic mass is 19.2. The number of nitrogens with zero attached hydrogens (tertiary/aromatic N) is 2. The summed E-state index contributed by atoms with van der Waals surface area (Å²) in [6, 6.07) is 12.1. The lowest BCUT2D eigenvalue weighted by molar-refractivity contribution is 0.101. The van der Waals surface area contributed by atoms with Gasteiger partial charge in [-0.1, -0.05) is 12.1 Å². The number of methoxy groups -OCH3 is 1. The minimum Gasteiger partial charge on any atom is -0.497 e. The van der Waals surface area contributed by atoms with E-state index in [-0.39, 0.29) is 11.4 Å². The number of amides is 1. The number of ether oxygens (including phenoxy) is 1. The number of hydrogen-bond acceptors (Lipinski definition) is 3. The molecule has 25 heavy (non-hydrogen) atoms. The minimum atomic E-state index is -1.03. The van der Waals surface area contributed by atoms with Gasteiger partial charge < -0.3 is 10.1 Å². The molecule has 1 aromatic heterocycles. The molecule has 0 aliphatic heterocycles. The maximum atomic E-state index is 13.3. The predicted octanol–water partition coefficient (Wildman–Crippen LogP) is 3.63. The largest absolute Gasteiger partial charge is 0.497 e. The van der Waals surface area contributed by atoms with Crippen molar-refractivity contribution in [2.75, 3.05) is 12.4 Å². The number of aromatic nitrogens is 2. The Morgan fingerprint density at radius 3 is 2.64 bits per heavy atom. The van der Waals surface area contributed by atoms with Gasteiger partial charge in [0.15, 0.2) is 11.6 Å². The number of carbonyl (C=O) groups is 1. The van der Waals surface area contributed by atoms with Crippen LogP contribution in [0.3, 0.4) is 0 Å². The van der Waals surface area contributed by atoms with Crippen LogP contribution >= 0.6 is 0 Å². The average molecular weight is 343 g/mol. The first-order chi connectivity index (χ1) is 12.0. The zero-order chi connectivity index (χ0) is 18.0. The summed E-state index contributed by atoms with van der Waals surface area (Å²) in [6.45, 7) is 0. The van der Waals surface area contributed by atoms with E-state index in [1.54, 1.807) is 26.3 Å². The molecule has 2 aromatic carbocycles. The Morgan fingerprint density at radius 2 is 1.92 bits per heavy atom. The third kappa shape index (κ3) is 3.50. The molecule has 0 atom stereocenters. The molecule has 1 N–H and O–H groups in total. The molecule has 7 heteroatoms. The van der Waals surface area contributed by atoms with Crippen LogP contribution < -0.4 is 10.1 Å². The fourth-order valence-corrected chi connectivity index (χ4v) is 2.37. The van der Waals surface area contributed by atoms with Gasteiger partial charge in [0.05, 0.1) is 12.8 Å². The van der Waals surface area contributed by atoms with E-state index in [0.717, 1.165) is 17.7 Å². The van der Waals surface area contributed by atoms with Crippen molar-refractivity contribution in [3.05, 3.63) is 65.9 Å².